The molecule has 0 saturated heterocycles. The Balaban J connectivity index is 1.31. The SMILES string of the molecule is COc1ccc2c(c1)C(O)(c1ccccc1F)C(=O)N2C[C@H]1CC[C@H](NC(=O)c2cc(Cl)cnc2C(F)F)CC1. The summed E-state index contributed by atoms with van der Waals surface area (Å²) in [5, 5.41) is 14.6. The highest BCUT2D eigenvalue weighted by Gasteiger charge is 2.53. The number of nitrogens with zero attached hydrogens (tertiary/aromatic N) is 2. The Morgan fingerprint density at radius 1 is 1.18 bits per heavy atom. The van der Waals surface area contributed by atoms with Gasteiger partial charge in [-0.05, 0) is 61.9 Å². The predicted octanol–water partition coefficient (Wildman–Crippen LogP) is 5.39. The molecule has 2 amide bonds. The first-order valence-corrected chi connectivity index (χ1v) is 13.2. The average molecular weight is 574 g/mol. The van der Waals surface area contributed by atoms with Crippen molar-refractivity contribution in [2.45, 2.75) is 43.8 Å². The molecule has 1 unspecified atom stereocenters. The number of rotatable bonds is 7. The summed E-state index contributed by atoms with van der Waals surface area (Å²) in [5.41, 5.74) is -2.52. The van der Waals surface area contributed by atoms with E-state index in [-0.39, 0.29) is 40.2 Å². The Labute approximate surface area is 233 Å². The van der Waals surface area contributed by atoms with Crippen molar-refractivity contribution in [3.8, 4) is 5.75 Å². The molecule has 2 aliphatic rings. The van der Waals surface area contributed by atoms with Gasteiger partial charge in [0.1, 0.15) is 17.3 Å². The fourth-order valence-corrected chi connectivity index (χ4v) is 5.76. The molecule has 1 saturated carbocycles. The number of methoxy groups -OCH3 is 1. The van der Waals surface area contributed by atoms with Crippen molar-refractivity contribution in [3.05, 3.63) is 88.0 Å². The van der Waals surface area contributed by atoms with Gasteiger partial charge in [0.05, 0.1) is 23.4 Å². The van der Waals surface area contributed by atoms with E-state index >= 15 is 0 Å². The second kappa shape index (κ2) is 11.1. The lowest BCUT2D eigenvalue weighted by molar-refractivity contribution is -0.132. The van der Waals surface area contributed by atoms with Gasteiger partial charge in [-0.3, -0.25) is 14.6 Å². The number of nitrogens with one attached hydrogen (secondary N) is 1. The second-order valence-electron chi connectivity index (χ2n) is 10.1. The molecule has 2 N–H and O–H groups in total. The van der Waals surface area contributed by atoms with Crippen LogP contribution in [0.25, 0.3) is 0 Å². The molecule has 1 aliphatic carbocycles. The molecule has 2 aromatic carbocycles. The first kappa shape index (κ1) is 27.9. The summed E-state index contributed by atoms with van der Waals surface area (Å²) in [4.78, 5) is 31.6. The van der Waals surface area contributed by atoms with Gasteiger partial charge < -0.3 is 20.1 Å². The minimum atomic E-state index is -2.92. The van der Waals surface area contributed by atoms with Crippen LogP contribution in [0.2, 0.25) is 5.02 Å². The van der Waals surface area contributed by atoms with Crippen LogP contribution in [-0.4, -0.2) is 41.6 Å². The molecule has 3 aromatic rings. The topological polar surface area (TPSA) is 91.8 Å². The van der Waals surface area contributed by atoms with E-state index in [1.165, 1.54) is 36.3 Å². The first-order chi connectivity index (χ1) is 19.1. The van der Waals surface area contributed by atoms with Gasteiger partial charge in [0.2, 0.25) is 0 Å². The summed E-state index contributed by atoms with van der Waals surface area (Å²) >= 11 is 5.88. The predicted molar refractivity (Wildman–Crippen MR) is 142 cm³/mol. The van der Waals surface area contributed by atoms with E-state index in [2.05, 4.69) is 10.3 Å². The molecule has 210 valence electrons. The van der Waals surface area contributed by atoms with Crippen LogP contribution in [0.15, 0.2) is 54.7 Å². The zero-order valence-electron chi connectivity index (χ0n) is 21.5. The molecule has 1 aliphatic heterocycles. The van der Waals surface area contributed by atoms with Crippen LogP contribution in [-0.2, 0) is 10.4 Å². The molecular weight excluding hydrogens is 547 g/mol. The van der Waals surface area contributed by atoms with E-state index in [0.29, 0.717) is 37.1 Å². The van der Waals surface area contributed by atoms with Crippen LogP contribution in [0.1, 0.15) is 59.3 Å². The van der Waals surface area contributed by atoms with E-state index in [4.69, 9.17) is 16.3 Å². The van der Waals surface area contributed by atoms with E-state index in [1.807, 2.05) is 0 Å². The van der Waals surface area contributed by atoms with Crippen molar-refractivity contribution in [3.63, 3.8) is 0 Å². The van der Waals surface area contributed by atoms with Crippen molar-refractivity contribution in [1.82, 2.24) is 10.3 Å². The highest BCUT2D eigenvalue weighted by molar-refractivity contribution is 6.30. The Bertz CT molecular complexity index is 1450. The molecule has 0 radical (unpaired) electrons. The molecule has 1 fully saturated rings. The molecule has 2 heterocycles. The number of hydrogen-bond donors (Lipinski definition) is 2. The van der Waals surface area contributed by atoms with Crippen LogP contribution >= 0.6 is 11.6 Å². The van der Waals surface area contributed by atoms with Crippen molar-refractivity contribution in [1.29, 1.82) is 0 Å². The Kier molecular flexibility index (Phi) is 7.74. The molecule has 0 spiro atoms. The highest BCUT2D eigenvalue weighted by atomic mass is 35.5. The largest absolute Gasteiger partial charge is 0.497 e. The summed E-state index contributed by atoms with van der Waals surface area (Å²) in [6, 6.07) is 11.5. The van der Waals surface area contributed by atoms with E-state index in [9.17, 15) is 27.9 Å². The van der Waals surface area contributed by atoms with Gasteiger partial charge in [-0.2, -0.15) is 0 Å². The smallest absolute Gasteiger partial charge is 0.281 e. The van der Waals surface area contributed by atoms with Crippen molar-refractivity contribution >= 4 is 29.1 Å². The average Bonchev–Trinajstić information content (AvgIpc) is 3.15. The van der Waals surface area contributed by atoms with Gasteiger partial charge in [-0.1, -0.05) is 29.8 Å². The summed E-state index contributed by atoms with van der Waals surface area (Å²) < 4.78 is 46.8. The molecule has 40 heavy (non-hydrogen) atoms. The quantitative estimate of drug-likeness (QED) is 0.395. The number of aromatic nitrogens is 1. The number of carbonyl (C=O) groups excluding carboxylic acids is 2. The minimum absolute atomic E-state index is 0.0273. The third-order valence-corrected chi connectivity index (χ3v) is 7.87. The van der Waals surface area contributed by atoms with Crippen molar-refractivity contribution in [2.75, 3.05) is 18.6 Å². The van der Waals surface area contributed by atoms with Crippen LogP contribution in [0.4, 0.5) is 18.9 Å². The van der Waals surface area contributed by atoms with Crippen LogP contribution in [0.3, 0.4) is 0 Å². The Hall–Kier alpha value is -3.63. The van der Waals surface area contributed by atoms with Crippen LogP contribution < -0.4 is 15.0 Å². The number of pyridine rings is 1. The number of aliphatic hydroxyl groups is 1. The van der Waals surface area contributed by atoms with Gasteiger partial charge in [0.25, 0.3) is 18.2 Å². The standard InChI is InChI=1S/C29H27ClF3N3O4/c1-40-19-10-11-24-22(13-19)29(39,21-4-2-3-5-23(21)31)28(38)36(24)15-16-6-8-18(9-7-16)35-27(37)20-12-17(30)14-34-25(20)26(32)33/h2-5,10-14,16,18,26,39H,6-9,15H2,1H3,(H,35,37)/t16-,18-,29?. The van der Waals surface area contributed by atoms with Gasteiger partial charge in [-0.15, -0.1) is 0 Å². The highest BCUT2D eigenvalue weighted by Crippen LogP contribution is 2.47. The van der Waals surface area contributed by atoms with Crippen molar-refractivity contribution < 1.29 is 32.6 Å². The number of carbonyl (C=O) groups is 2. The summed E-state index contributed by atoms with van der Waals surface area (Å²) in [7, 11) is 1.47. The van der Waals surface area contributed by atoms with Gasteiger partial charge in [0, 0.05) is 29.9 Å². The van der Waals surface area contributed by atoms with E-state index in [1.54, 1.807) is 24.3 Å². The van der Waals surface area contributed by atoms with Gasteiger partial charge in [0.15, 0.2) is 5.60 Å². The Morgan fingerprint density at radius 2 is 1.90 bits per heavy atom. The lowest BCUT2D eigenvalue weighted by Gasteiger charge is -2.32. The van der Waals surface area contributed by atoms with Gasteiger partial charge >= 0.3 is 0 Å². The molecule has 7 nitrogen and oxygen atoms in total. The molecule has 0 bridgehead atoms. The fourth-order valence-electron chi connectivity index (χ4n) is 5.60. The third kappa shape index (κ3) is 5.01. The molecule has 1 aromatic heterocycles. The van der Waals surface area contributed by atoms with Crippen LogP contribution in [0, 0.1) is 11.7 Å². The number of benzene rings is 2. The number of hydrogen-bond acceptors (Lipinski definition) is 5. The molecule has 5 rings (SSSR count). The maximum Gasteiger partial charge on any atom is 0.281 e. The third-order valence-electron chi connectivity index (χ3n) is 7.66. The normalized spacial score (nSPS) is 22.4. The lowest BCUT2D eigenvalue weighted by atomic mass is 9.85. The number of halogens is 4. The maximum atomic E-state index is 14.8. The van der Waals surface area contributed by atoms with Crippen LogP contribution in [0.5, 0.6) is 5.75 Å². The zero-order valence-corrected chi connectivity index (χ0v) is 22.3. The second-order valence-corrected chi connectivity index (χ2v) is 10.5. The van der Waals surface area contributed by atoms with Crippen molar-refractivity contribution in [2.24, 2.45) is 5.92 Å². The number of anilines is 1. The number of alkyl halides is 2. The lowest BCUT2D eigenvalue weighted by Crippen LogP contribution is -2.45. The molecular formula is C29H27ClF3N3O4. The summed E-state index contributed by atoms with van der Waals surface area (Å²) in [6.07, 6.45) is 0.540. The van der Waals surface area contributed by atoms with Gasteiger partial charge in [-0.25, -0.2) is 13.2 Å². The number of ether oxygens (including phenoxy) is 1. The molecule has 11 heteroatoms. The van der Waals surface area contributed by atoms with E-state index in [0.717, 1.165) is 6.20 Å². The summed E-state index contributed by atoms with van der Waals surface area (Å²) in [6.45, 7) is 0.281. The fraction of sp³-hybridized carbons (Fsp3) is 0.345. The Morgan fingerprint density at radius 3 is 2.58 bits per heavy atom. The number of fused-ring (bicyclic) bond motifs is 1. The maximum absolute atomic E-state index is 14.8. The zero-order chi connectivity index (χ0) is 28.6. The summed E-state index contributed by atoms with van der Waals surface area (Å²) in [5.74, 6) is -1.57. The van der Waals surface area contributed by atoms with E-state index < -0.39 is 35.4 Å². The molecule has 1 atom stereocenters. The first-order valence-electron chi connectivity index (χ1n) is 12.9. The monoisotopic (exact) mass is 573 g/mol. The minimum Gasteiger partial charge on any atom is -0.497 e. The number of amides is 2.